The van der Waals surface area contributed by atoms with E-state index < -0.39 is 0 Å². The molecule has 0 aromatic rings. The highest BCUT2D eigenvalue weighted by molar-refractivity contribution is 5.12. The largest absolute Gasteiger partial charge is 0.396 e. The minimum Gasteiger partial charge on any atom is -0.396 e. The standard InChI is InChI=1S/C10H14O/c1-2-3-5-9-6-4-7-10(9)8-11/h2-6,9-11H,1,7-8H2/b5-3+. The quantitative estimate of drug-likeness (QED) is 0.481. The zero-order valence-electron chi connectivity index (χ0n) is 6.61. The lowest BCUT2D eigenvalue weighted by Gasteiger charge is -2.11. The molecule has 0 bridgehead atoms. The van der Waals surface area contributed by atoms with Gasteiger partial charge in [0.2, 0.25) is 0 Å². The molecule has 2 atom stereocenters. The van der Waals surface area contributed by atoms with Gasteiger partial charge in [-0.15, -0.1) is 0 Å². The van der Waals surface area contributed by atoms with Crippen LogP contribution in [-0.4, -0.2) is 11.7 Å². The average Bonchev–Trinajstić information content (AvgIpc) is 2.47. The van der Waals surface area contributed by atoms with Crippen LogP contribution in [0.1, 0.15) is 6.42 Å². The Hall–Kier alpha value is -0.820. The van der Waals surface area contributed by atoms with Crippen LogP contribution in [0.3, 0.4) is 0 Å². The fourth-order valence-corrected chi connectivity index (χ4v) is 1.35. The van der Waals surface area contributed by atoms with Crippen molar-refractivity contribution in [2.24, 2.45) is 11.8 Å². The predicted octanol–water partition coefficient (Wildman–Crippen LogP) is 1.91. The van der Waals surface area contributed by atoms with Crippen molar-refractivity contribution in [1.82, 2.24) is 0 Å². The highest BCUT2D eigenvalue weighted by atomic mass is 16.3. The summed E-state index contributed by atoms with van der Waals surface area (Å²) in [4.78, 5) is 0. The molecule has 0 saturated heterocycles. The van der Waals surface area contributed by atoms with Crippen molar-refractivity contribution in [3.8, 4) is 0 Å². The Balaban J connectivity index is 2.49. The van der Waals surface area contributed by atoms with Gasteiger partial charge in [0.15, 0.2) is 0 Å². The van der Waals surface area contributed by atoms with E-state index in [2.05, 4.69) is 24.8 Å². The first kappa shape index (κ1) is 8.28. The molecule has 0 fully saturated rings. The van der Waals surface area contributed by atoms with Gasteiger partial charge in [0.1, 0.15) is 0 Å². The number of aliphatic hydroxyl groups excluding tert-OH is 1. The van der Waals surface area contributed by atoms with E-state index in [0.717, 1.165) is 6.42 Å². The van der Waals surface area contributed by atoms with E-state index in [4.69, 9.17) is 5.11 Å². The van der Waals surface area contributed by atoms with Crippen LogP contribution in [0, 0.1) is 11.8 Å². The highest BCUT2D eigenvalue weighted by Crippen LogP contribution is 2.25. The Bertz CT molecular complexity index is 179. The van der Waals surface area contributed by atoms with E-state index in [0.29, 0.717) is 11.8 Å². The van der Waals surface area contributed by atoms with Gasteiger partial charge in [-0.1, -0.05) is 37.0 Å². The number of aliphatic hydroxyl groups is 1. The van der Waals surface area contributed by atoms with Gasteiger partial charge in [-0.2, -0.15) is 0 Å². The molecule has 0 aliphatic heterocycles. The Morgan fingerprint density at radius 2 is 2.45 bits per heavy atom. The first-order valence-corrected chi connectivity index (χ1v) is 3.95. The summed E-state index contributed by atoms with van der Waals surface area (Å²) in [6.45, 7) is 3.88. The molecule has 1 N–H and O–H groups in total. The van der Waals surface area contributed by atoms with Crippen LogP contribution < -0.4 is 0 Å². The first-order valence-electron chi connectivity index (χ1n) is 3.95. The molecule has 0 amide bonds. The molecule has 1 nitrogen and oxygen atoms in total. The molecule has 60 valence electrons. The van der Waals surface area contributed by atoms with E-state index in [9.17, 15) is 0 Å². The van der Waals surface area contributed by atoms with Crippen molar-refractivity contribution >= 4 is 0 Å². The minimum absolute atomic E-state index is 0.277. The molecule has 1 aliphatic rings. The normalized spacial score (nSPS) is 29.9. The molecule has 0 aromatic carbocycles. The molecule has 1 rings (SSSR count). The molecule has 0 spiro atoms. The van der Waals surface area contributed by atoms with Gasteiger partial charge in [-0.25, -0.2) is 0 Å². The van der Waals surface area contributed by atoms with Gasteiger partial charge in [-0.3, -0.25) is 0 Å². The van der Waals surface area contributed by atoms with Crippen LogP contribution in [0.25, 0.3) is 0 Å². The lowest BCUT2D eigenvalue weighted by Crippen LogP contribution is -2.09. The summed E-state index contributed by atoms with van der Waals surface area (Å²) in [5.41, 5.74) is 0. The summed E-state index contributed by atoms with van der Waals surface area (Å²) in [6, 6.07) is 0. The Morgan fingerprint density at radius 3 is 3.09 bits per heavy atom. The van der Waals surface area contributed by atoms with Gasteiger partial charge in [-0.05, 0) is 12.3 Å². The molecule has 11 heavy (non-hydrogen) atoms. The fraction of sp³-hybridized carbons (Fsp3) is 0.400. The predicted molar refractivity (Wildman–Crippen MR) is 47.2 cm³/mol. The average molecular weight is 150 g/mol. The maximum absolute atomic E-state index is 8.94. The van der Waals surface area contributed by atoms with Gasteiger partial charge in [0, 0.05) is 12.5 Å². The van der Waals surface area contributed by atoms with Crippen LogP contribution >= 0.6 is 0 Å². The third-order valence-electron chi connectivity index (χ3n) is 2.05. The van der Waals surface area contributed by atoms with E-state index in [1.165, 1.54) is 0 Å². The molecular formula is C10H14O. The van der Waals surface area contributed by atoms with E-state index in [1.54, 1.807) is 6.08 Å². The Kier molecular flexibility index (Phi) is 3.12. The van der Waals surface area contributed by atoms with Crippen molar-refractivity contribution in [2.75, 3.05) is 6.61 Å². The Labute approximate surface area is 67.7 Å². The molecule has 0 heterocycles. The summed E-state index contributed by atoms with van der Waals surface area (Å²) < 4.78 is 0. The molecular weight excluding hydrogens is 136 g/mol. The van der Waals surface area contributed by atoms with Crippen molar-refractivity contribution in [1.29, 1.82) is 0 Å². The minimum atomic E-state index is 0.277. The van der Waals surface area contributed by atoms with Crippen LogP contribution in [0.2, 0.25) is 0 Å². The van der Waals surface area contributed by atoms with Gasteiger partial charge >= 0.3 is 0 Å². The third-order valence-corrected chi connectivity index (χ3v) is 2.05. The van der Waals surface area contributed by atoms with E-state index >= 15 is 0 Å². The van der Waals surface area contributed by atoms with Gasteiger partial charge in [0.05, 0.1) is 0 Å². The number of allylic oxidation sites excluding steroid dienone is 5. The summed E-state index contributed by atoms with van der Waals surface area (Å²) in [5.74, 6) is 0.809. The number of rotatable bonds is 3. The fourth-order valence-electron chi connectivity index (χ4n) is 1.35. The zero-order valence-corrected chi connectivity index (χ0v) is 6.61. The van der Waals surface area contributed by atoms with Crippen LogP contribution in [0.15, 0.2) is 37.0 Å². The van der Waals surface area contributed by atoms with Gasteiger partial charge < -0.3 is 5.11 Å². The van der Waals surface area contributed by atoms with Gasteiger partial charge in [0.25, 0.3) is 0 Å². The third kappa shape index (κ3) is 2.05. The molecule has 1 aliphatic carbocycles. The molecule has 2 unspecified atom stereocenters. The lowest BCUT2D eigenvalue weighted by atomic mass is 9.96. The van der Waals surface area contributed by atoms with Crippen LogP contribution in [-0.2, 0) is 0 Å². The Morgan fingerprint density at radius 1 is 1.64 bits per heavy atom. The second-order valence-corrected chi connectivity index (χ2v) is 2.80. The smallest absolute Gasteiger partial charge is 0.0470 e. The monoisotopic (exact) mass is 150 g/mol. The summed E-state index contributed by atoms with van der Waals surface area (Å²) in [7, 11) is 0. The molecule has 0 aromatic heterocycles. The van der Waals surface area contributed by atoms with E-state index in [1.807, 2.05) is 6.08 Å². The summed E-state index contributed by atoms with van der Waals surface area (Å²) in [5, 5.41) is 8.94. The van der Waals surface area contributed by atoms with Crippen LogP contribution in [0.5, 0.6) is 0 Å². The number of hydrogen-bond acceptors (Lipinski definition) is 1. The zero-order chi connectivity index (χ0) is 8.10. The van der Waals surface area contributed by atoms with E-state index in [-0.39, 0.29) is 6.61 Å². The second kappa shape index (κ2) is 4.14. The van der Waals surface area contributed by atoms with Crippen molar-refractivity contribution < 1.29 is 5.11 Å². The molecule has 1 heteroatoms. The highest BCUT2D eigenvalue weighted by Gasteiger charge is 2.18. The number of hydrogen-bond donors (Lipinski definition) is 1. The SMILES string of the molecule is C=C/C=C/C1C=CCC1CO. The van der Waals surface area contributed by atoms with Crippen molar-refractivity contribution in [2.45, 2.75) is 6.42 Å². The lowest BCUT2D eigenvalue weighted by molar-refractivity contribution is 0.216. The molecule has 0 radical (unpaired) electrons. The first-order chi connectivity index (χ1) is 5.38. The summed E-state index contributed by atoms with van der Waals surface area (Å²) >= 11 is 0. The van der Waals surface area contributed by atoms with Crippen LogP contribution in [0.4, 0.5) is 0 Å². The maximum atomic E-state index is 8.94. The van der Waals surface area contributed by atoms with Crippen molar-refractivity contribution in [3.63, 3.8) is 0 Å². The second-order valence-electron chi connectivity index (χ2n) is 2.80. The van der Waals surface area contributed by atoms with Crippen molar-refractivity contribution in [3.05, 3.63) is 37.0 Å². The summed E-state index contributed by atoms with van der Waals surface area (Å²) in [6.07, 6.45) is 11.0. The molecule has 0 saturated carbocycles. The maximum Gasteiger partial charge on any atom is 0.0470 e. The topological polar surface area (TPSA) is 20.2 Å².